The molecule has 0 fully saturated rings. The largest absolute Gasteiger partial charge is 0.460 e. The third-order valence-electron chi connectivity index (χ3n) is 3.61. The van der Waals surface area contributed by atoms with Gasteiger partial charge in [-0.3, -0.25) is 9.59 Å². The minimum absolute atomic E-state index is 0.0528. The number of hydrogen-bond donors (Lipinski definition) is 2. The third kappa shape index (κ3) is 5.90. The highest BCUT2D eigenvalue weighted by Gasteiger charge is 2.23. The van der Waals surface area contributed by atoms with Crippen molar-refractivity contribution < 1.29 is 22.7 Å². The minimum atomic E-state index is -3.95. The van der Waals surface area contributed by atoms with Crippen LogP contribution in [0.1, 0.15) is 25.0 Å². The number of amides is 1. The molecule has 0 aromatic heterocycles. The summed E-state index contributed by atoms with van der Waals surface area (Å²) in [5.41, 5.74) is 1.51. The normalized spacial score (nSPS) is 11.9. The number of benzene rings is 2. The molecule has 0 bridgehead atoms. The van der Waals surface area contributed by atoms with Crippen LogP contribution >= 0.6 is 0 Å². The Hall–Kier alpha value is -3.22. The number of nitriles is 1. The number of ether oxygens (including phenoxy) is 1. The van der Waals surface area contributed by atoms with Gasteiger partial charge in [-0.2, -0.15) is 9.98 Å². The summed E-state index contributed by atoms with van der Waals surface area (Å²) in [7, 11) is -3.95. The Kier molecular flexibility index (Phi) is 6.87. The van der Waals surface area contributed by atoms with Gasteiger partial charge >= 0.3 is 5.97 Å². The topological polar surface area (TPSA) is 125 Å². The maximum Gasteiger partial charge on any atom is 0.324 e. The van der Waals surface area contributed by atoms with Gasteiger partial charge in [-0.25, -0.2) is 8.42 Å². The van der Waals surface area contributed by atoms with E-state index in [-0.39, 0.29) is 17.4 Å². The lowest BCUT2D eigenvalue weighted by atomic mass is 10.1. The molecule has 28 heavy (non-hydrogen) atoms. The SMILES string of the molecule is CC(=O)Nc1ccc(S(=O)(=O)NC(C)C(=O)OCc2cccc(C#N)c2)cc1. The highest BCUT2D eigenvalue weighted by molar-refractivity contribution is 7.89. The van der Waals surface area contributed by atoms with Crippen LogP contribution in [0.3, 0.4) is 0 Å². The molecule has 0 aliphatic rings. The van der Waals surface area contributed by atoms with E-state index in [9.17, 15) is 18.0 Å². The molecule has 1 unspecified atom stereocenters. The third-order valence-corrected chi connectivity index (χ3v) is 5.16. The molecule has 2 rings (SSSR count). The molecular weight excluding hydrogens is 382 g/mol. The van der Waals surface area contributed by atoms with Gasteiger partial charge in [0, 0.05) is 12.6 Å². The number of rotatable bonds is 7. The molecule has 146 valence electrons. The van der Waals surface area contributed by atoms with E-state index in [1.807, 2.05) is 6.07 Å². The first-order valence-corrected chi connectivity index (χ1v) is 9.75. The molecule has 9 heteroatoms. The number of anilines is 1. The molecule has 2 N–H and O–H groups in total. The van der Waals surface area contributed by atoms with Crippen LogP contribution in [0.15, 0.2) is 53.4 Å². The van der Waals surface area contributed by atoms with Crippen molar-refractivity contribution in [2.45, 2.75) is 31.4 Å². The minimum Gasteiger partial charge on any atom is -0.460 e. The van der Waals surface area contributed by atoms with Crippen molar-refractivity contribution >= 4 is 27.6 Å². The zero-order valence-electron chi connectivity index (χ0n) is 15.3. The zero-order chi connectivity index (χ0) is 20.7. The Morgan fingerprint density at radius 3 is 2.46 bits per heavy atom. The standard InChI is InChI=1S/C19H19N3O5S/c1-13(19(24)27-12-16-5-3-4-15(10-16)11-20)22-28(25,26)18-8-6-17(7-9-18)21-14(2)23/h3-10,13,22H,12H2,1-2H3,(H,21,23). The fourth-order valence-corrected chi connectivity index (χ4v) is 3.47. The molecule has 0 saturated carbocycles. The smallest absolute Gasteiger partial charge is 0.324 e. The van der Waals surface area contributed by atoms with Gasteiger partial charge in [0.1, 0.15) is 12.6 Å². The van der Waals surface area contributed by atoms with Crippen LogP contribution in [0.2, 0.25) is 0 Å². The molecule has 2 aromatic rings. The molecule has 1 atom stereocenters. The molecule has 1 amide bonds. The predicted molar refractivity (Wildman–Crippen MR) is 101 cm³/mol. The van der Waals surface area contributed by atoms with E-state index in [4.69, 9.17) is 10.00 Å². The van der Waals surface area contributed by atoms with Gasteiger partial charge in [-0.05, 0) is 48.9 Å². The average molecular weight is 401 g/mol. The summed E-state index contributed by atoms with van der Waals surface area (Å²) >= 11 is 0. The Labute approximate surface area is 163 Å². The van der Waals surface area contributed by atoms with Gasteiger partial charge in [-0.15, -0.1) is 0 Å². The summed E-state index contributed by atoms with van der Waals surface area (Å²) in [6.07, 6.45) is 0. The van der Waals surface area contributed by atoms with Crippen molar-refractivity contribution in [2.24, 2.45) is 0 Å². The number of esters is 1. The van der Waals surface area contributed by atoms with Crippen molar-refractivity contribution in [1.82, 2.24) is 4.72 Å². The van der Waals surface area contributed by atoms with Crippen LogP contribution in [0.4, 0.5) is 5.69 Å². The second-order valence-corrected chi connectivity index (χ2v) is 7.68. The fraction of sp³-hybridized carbons (Fsp3) is 0.211. The Bertz CT molecular complexity index is 1010. The van der Waals surface area contributed by atoms with Crippen LogP contribution in [-0.4, -0.2) is 26.3 Å². The van der Waals surface area contributed by atoms with Crippen LogP contribution in [0.5, 0.6) is 0 Å². The quantitative estimate of drug-likeness (QED) is 0.683. The lowest BCUT2D eigenvalue weighted by Crippen LogP contribution is -2.39. The molecule has 0 spiro atoms. The summed E-state index contributed by atoms with van der Waals surface area (Å²) in [4.78, 5) is 23.0. The maximum atomic E-state index is 12.4. The number of carbonyl (C=O) groups excluding carboxylic acids is 2. The summed E-state index contributed by atoms with van der Waals surface area (Å²) in [5.74, 6) is -1.02. The van der Waals surface area contributed by atoms with Crippen LogP contribution in [-0.2, 0) is 31.0 Å². The lowest BCUT2D eigenvalue weighted by Gasteiger charge is -2.14. The second-order valence-electron chi connectivity index (χ2n) is 5.97. The van der Waals surface area contributed by atoms with E-state index < -0.39 is 22.0 Å². The van der Waals surface area contributed by atoms with Crippen molar-refractivity contribution in [3.8, 4) is 6.07 Å². The molecule has 0 aliphatic heterocycles. The van der Waals surface area contributed by atoms with Gasteiger partial charge < -0.3 is 10.1 Å². The van der Waals surface area contributed by atoms with E-state index in [0.29, 0.717) is 16.8 Å². The second kappa shape index (κ2) is 9.12. The van der Waals surface area contributed by atoms with Crippen molar-refractivity contribution in [2.75, 3.05) is 5.32 Å². The predicted octanol–water partition coefficient (Wildman–Crippen LogP) is 1.93. The molecule has 0 saturated heterocycles. The fourth-order valence-electron chi connectivity index (χ4n) is 2.28. The van der Waals surface area contributed by atoms with Gasteiger partial charge in [0.2, 0.25) is 15.9 Å². The number of nitrogens with one attached hydrogen (secondary N) is 2. The van der Waals surface area contributed by atoms with Crippen molar-refractivity contribution in [1.29, 1.82) is 5.26 Å². The Morgan fingerprint density at radius 2 is 1.86 bits per heavy atom. The maximum absolute atomic E-state index is 12.4. The summed E-state index contributed by atoms with van der Waals surface area (Å²) in [5, 5.41) is 11.4. The molecule has 8 nitrogen and oxygen atoms in total. The van der Waals surface area contributed by atoms with Crippen molar-refractivity contribution in [3.05, 3.63) is 59.7 Å². The van der Waals surface area contributed by atoms with Crippen LogP contribution < -0.4 is 10.0 Å². The first-order valence-electron chi connectivity index (χ1n) is 8.27. The van der Waals surface area contributed by atoms with Crippen molar-refractivity contribution in [3.63, 3.8) is 0 Å². The van der Waals surface area contributed by atoms with Crippen LogP contribution in [0.25, 0.3) is 0 Å². The highest BCUT2D eigenvalue weighted by Crippen LogP contribution is 2.15. The lowest BCUT2D eigenvalue weighted by molar-refractivity contribution is -0.146. The number of sulfonamides is 1. The number of hydrogen-bond acceptors (Lipinski definition) is 6. The van der Waals surface area contributed by atoms with Crippen LogP contribution in [0, 0.1) is 11.3 Å². The Morgan fingerprint density at radius 1 is 1.18 bits per heavy atom. The zero-order valence-corrected chi connectivity index (χ0v) is 16.1. The molecule has 2 aromatic carbocycles. The summed E-state index contributed by atoms with van der Waals surface area (Å²) < 4.78 is 32.2. The van der Waals surface area contributed by atoms with Gasteiger partial charge in [0.15, 0.2) is 0 Å². The molecule has 0 heterocycles. The van der Waals surface area contributed by atoms with E-state index in [2.05, 4.69) is 10.0 Å². The monoisotopic (exact) mass is 401 g/mol. The number of carbonyl (C=O) groups is 2. The van der Waals surface area contributed by atoms with Gasteiger partial charge in [0.05, 0.1) is 16.5 Å². The van der Waals surface area contributed by atoms with Gasteiger partial charge in [0.25, 0.3) is 0 Å². The first kappa shape index (κ1) is 21.1. The van der Waals surface area contributed by atoms with E-state index in [1.54, 1.807) is 24.3 Å². The van der Waals surface area contributed by atoms with Gasteiger partial charge in [-0.1, -0.05) is 12.1 Å². The summed E-state index contributed by atoms with van der Waals surface area (Å²) in [6, 6.07) is 13.0. The van der Waals surface area contributed by atoms with E-state index in [0.717, 1.165) is 0 Å². The molecule has 0 aliphatic carbocycles. The first-order chi connectivity index (χ1) is 13.2. The number of nitrogens with zero attached hydrogens (tertiary/aromatic N) is 1. The van der Waals surface area contributed by atoms with E-state index in [1.165, 1.54) is 38.1 Å². The summed E-state index contributed by atoms with van der Waals surface area (Å²) in [6.45, 7) is 2.64. The molecule has 0 radical (unpaired) electrons. The molecular formula is C19H19N3O5S. The van der Waals surface area contributed by atoms with E-state index >= 15 is 0 Å². The Balaban J connectivity index is 1.97. The highest BCUT2D eigenvalue weighted by atomic mass is 32.2. The average Bonchev–Trinajstić information content (AvgIpc) is 2.65.